The van der Waals surface area contributed by atoms with Gasteiger partial charge in [0.1, 0.15) is 0 Å². The van der Waals surface area contributed by atoms with E-state index in [9.17, 15) is 0 Å². The first kappa shape index (κ1) is 13.3. The highest BCUT2D eigenvalue weighted by molar-refractivity contribution is 5.13. The van der Waals surface area contributed by atoms with E-state index in [0.29, 0.717) is 0 Å². The summed E-state index contributed by atoms with van der Waals surface area (Å²) in [6.45, 7) is 11.0. The van der Waals surface area contributed by atoms with Crippen LogP contribution in [0.25, 0.3) is 0 Å². The first-order valence-corrected chi connectivity index (χ1v) is 5.59. The molecule has 0 saturated carbocycles. The van der Waals surface area contributed by atoms with E-state index in [-0.39, 0.29) is 5.41 Å². The summed E-state index contributed by atoms with van der Waals surface area (Å²) in [5.41, 5.74) is 5.09. The minimum absolute atomic E-state index is 0.257. The van der Waals surface area contributed by atoms with Gasteiger partial charge in [0.2, 0.25) is 0 Å². The Hall–Kier alpha value is -0.740. The Morgan fingerprint density at radius 3 is 2.36 bits per heavy atom. The second kappa shape index (κ2) is 6.68. The highest BCUT2D eigenvalue weighted by Gasteiger charge is 2.15. The molecule has 0 aliphatic rings. The van der Waals surface area contributed by atoms with Gasteiger partial charge in [-0.15, -0.1) is 5.73 Å². The molecule has 0 N–H and O–H groups in total. The van der Waals surface area contributed by atoms with Gasteiger partial charge >= 0.3 is 0 Å². The number of hydrogen-bond donors (Lipinski definition) is 0. The Bertz CT molecular complexity index is 229. The van der Waals surface area contributed by atoms with Crippen LogP contribution in [0.3, 0.4) is 0 Å². The van der Waals surface area contributed by atoms with Crippen molar-refractivity contribution in [3.05, 3.63) is 29.5 Å². The van der Waals surface area contributed by atoms with Gasteiger partial charge in [0, 0.05) is 0 Å². The molecule has 0 heteroatoms. The number of hydrogen-bond acceptors (Lipinski definition) is 0. The van der Waals surface area contributed by atoms with Crippen LogP contribution < -0.4 is 0 Å². The first-order chi connectivity index (χ1) is 6.52. The lowest BCUT2D eigenvalue weighted by atomic mass is 9.84. The van der Waals surface area contributed by atoms with E-state index in [2.05, 4.69) is 33.4 Å². The molecule has 0 atom stereocenters. The Balaban J connectivity index is 4.63. The van der Waals surface area contributed by atoms with Gasteiger partial charge in [0.05, 0.1) is 0 Å². The quantitative estimate of drug-likeness (QED) is 0.440. The molecule has 0 aromatic carbocycles. The van der Waals surface area contributed by atoms with Gasteiger partial charge < -0.3 is 0 Å². The van der Waals surface area contributed by atoms with E-state index >= 15 is 0 Å². The fourth-order valence-corrected chi connectivity index (χ4v) is 1.26. The van der Waals surface area contributed by atoms with Crippen LogP contribution in [0.4, 0.5) is 0 Å². The smallest absolute Gasteiger partial charge is 0.00971 e. The van der Waals surface area contributed by atoms with Crippen LogP contribution in [0.1, 0.15) is 53.9 Å². The third-order valence-corrected chi connectivity index (χ3v) is 2.23. The van der Waals surface area contributed by atoms with Crippen molar-refractivity contribution in [3.63, 3.8) is 0 Å². The predicted molar refractivity (Wildman–Crippen MR) is 65.4 cm³/mol. The van der Waals surface area contributed by atoms with E-state index in [1.807, 2.05) is 25.2 Å². The third kappa shape index (κ3) is 5.83. The molecule has 0 rings (SSSR count). The lowest BCUT2D eigenvalue weighted by molar-refractivity contribution is 0.477. The molecule has 0 radical (unpaired) electrons. The molecule has 0 aliphatic carbocycles. The van der Waals surface area contributed by atoms with E-state index in [1.165, 1.54) is 24.8 Å². The summed E-state index contributed by atoms with van der Waals surface area (Å²) in [7, 11) is 0. The molecular formula is C14H24. The van der Waals surface area contributed by atoms with E-state index in [4.69, 9.17) is 0 Å². The van der Waals surface area contributed by atoms with Gasteiger partial charge in [0.25, 0.3) is 0 Å². The molecule has 0 nitrogen and oxygen atoms in total. The van der Waals surface area contributed by atoms with Crippen LogP contribution in [0.15, 0.2) is 29.5 Å². The maximum Gasteiger partial charge on any atom is -0.00971 e. The van der Waals surface area contributed by atoms with Crippen LogP contribution in [-0.2, 0) is 0 Å². The topological polar surface area (TPSA) is 0 Å². The summed E-state index contributed by atoms with van der Waals surface area (Å²) in [6.07, 6.45) is 9.79. The normalized spacial score (nSPS) is 11.5. The molecule has 0 unspecified atom stereocenters. The average Bonchev–Trinajstić information content (AvgIpc) is 2.09. The Kier molecular flexibility index (Phi) is 6.32. The van der Waals surface area contributed by atoms with Crippen molar-refractivity contribution in [1.29, 1.82) is 0 Å². The van der Waals surface area contributed by atoms with Crippen molar-refractivity contribution in [1.82, 2.24) is 0 Å². The summed E-state index contributed by atoms with van der Waals surface area (Å²) in [4.78, 5) is 0. The lowest BCUT2D eigenvalue weighted by Crippen LogP contribution is -2.08. The monoisotopic (exact) mass is 192 g/mol. The minimum Gasteiger partial charge on any atom is -0.121 e. The number of unbranched alkanes of at least 4 members (excludes halogenated alkanes) is 1. The van der Waals surface area contributed by atoms with Gasteiger partial charge in [0.15, 0.2) is 0 Å². The molecule has 0 bridgehead atoms. The Morgan fingerprint density at radius 1 is 1.29 bits per heavy atom. The fourth-order valence-electron chi connectivity index (χ4n) is 1.26. The number of rotatable bonds is 4. The standard InChI is InChI=1S/C14H24/c1-6-8-10-12-13(11-9-7-2)14(3,4)5/h6,8,10H,7,9,11H2,1-5H3/b8-6+. The molecule has 0 saturated heterocycles. The van der Waals surface area contributed by atoms with Gasteiger partial charge in [-0.2, -0.15) is 0 Å². The summed E-state index contributed by atoms with van der Waals surface area (Å²) < 4.78 is 0. The van der Waals surface area contributed by atoms with Gasteiger partial charge in [-0.25, -0.2) is 0 Å². The number of allylic oxidation sites excluding steroid dienone is 3. The second-order valence-corrected chi connectivity index (χ2v) is 4.67. The Morgan fingerprint density at radius 2 is 1.93 bits per heavy atom. The maximum absolute atomic E-state index is 3.40. The molecule has 80 valence electrons. The highest BCUT2D eigenvalue weighted by atomic mass is 14.2. The largest absolute Gasteiger partial charge is 0.121 e. The van der Waals surface area contributed by atoms with Crippen molar-refractivity contribution in [2.45, 2.75) is 53.9 Å². The van der Waals surface area contributed by atoms with Gasteiger partial charge in [-0.3, -0.25) is 0 Å². The molecule has 0 amide bonds. The van der Waals surface area contributed by atoms with E-state index < -0.39 is 0 Å². The second-order valence-electron chi connectivity index (χ2n) is 4.67. The SMILES string of the molecule is C/C=C/C=C=C(CCCC)C(C)(C)C. The molecule has 0 aromatic heterocycles. The summed E-state index contributed by atoms with van der Waals surface area (Å²) in [6, 6.07) is 0. The van der Waals surface area contributed by atoms with E-state index in [0.717, 1.165) is 0 Å². The van der Waals surface area contributed by atoms with Crippen molar-refractivity contribution >= 4 is 0 Å². The molecule has 0 fully saturated rings. The molecule has 0 spiro atoms. The average molecular weight is 192 g/mol. The molecular weight excluding hydrogens is 168 g/mol. The van der Waals surface area contributed by atoms with Crippen LogP contribution >= 0.6 is 0 Å². The molecule has 0 aliphatic heterocycles. The molecule has 0 aromatic rings. The third-order valence-electron chi connectivity index (χ3n) is 2.23. The highest BCUT2D eigenvalue weighted by Crippen LogP contribution is 2.28. The van der Waals surface area contributed by atoms with E-state index in [1.54, 1.807) is 0 Å². The predicted octanol–water partition coefficient (Wildman–Crippen LogP) is 4.88. The molecule has 0 heterocycles. The Labute approximate surface area is 89.4 Å². The van der Waals surface area contributed by atoms with Crippen LogP contribution in [0.2, 0.25) is 0 Å². The minimum atomic E-state index is 0.257. The summed E-state index contributed by atoms with van der Waals surface area (Å²) >= 11 is 0. The molecule has 14 heavy (non-hydrogen) atoms. The van der Waals surface area contributed by atoms with Crippen molar-refractivity contribution < 1.29 is 0 Å². The summed E-state index contributed by atoms with van der Waals surface area (Å²) in [5.74, 6) is 0. The van der Waals surface area contributed by atoms with Crippen molar-refractivity contribution in [2.24, 2.45) is 5.41 Å². The van der Waals surface area contributed by atoms with Gasteiger partial charge in [-0.1, -0.05) is 46.3 Å². The zero-order chi connectivity index (χ0) is 11.0. The van der Waals surface area contributed by atoms with Crippen LogP contribution in [-0.4, -0.2) is 0 Å². The van der Waals surface area contributed by atoms with Crippen molar-refractivity contribution in [3.8, 4) is 0 Å². The van der Waals surface area contributed by atoms with Crippen LogP contribution in [0.5, 0.6) is 0 Å². The fraction of sp³-hybridized carbons (Fsp3) is 0.643. The lowest BCUT2D eigenvalue weighted by Gasteiger charge is -2.20. The zero-order valence-corrected chi connectivity index (χ0v) is 10.4. The maximum atomic E-state index is 3.40. The van der Waals surface area contributed by atoms with Crippen molar-refractivity contribution in [2.75, 3.05) is 0 Å². The van der Waals surface area contributed by atoms with Gasteiger partial charge in [-0.05, 0) is 36.8 Å². The zero-order valence-electron chi connectivity index (χ0n) is 10.4. The summed E-state index contributed by atoms with van der Waals surface area (Å²) in [5, 5.41) is 0. The first-order valence-electron chi connectivity index (χ1n) is 5.59. The van der Waals surface area contributed by atoms with Crippen LogP contribution in [0, 0.1) is 5.41 Å².